The average Bonchev–Trinajstić information content (AvgIpc) is 2.58. The van der Waals surface area contributed by atoms with E-state index in [1.165, 1.54) is 0 Å². The van der Waals surface area contributed by atoms with Crippen molar-refractivity contribution < 1.29 is 14.3 Å². The summed E-state index contributed by atoms with van der Waals surface area (Å²) in [6.45, 7) is 5.63. The van der Waals surface area contributed by atoms with Crippen molar-refractivity contribution in [1.82, 2.24) is 0 Å². The van der Waals surface area contributed by atoms with Gasteiger partial charge >= 0.3 is 0 Å². The highest BCUT2D eigenvalue weighted by Gasteiger charge is 2.40. The topological polar surface area (TPSA) is 58.6 Å². The van der Waals surface area contributed by atoms with Crippen LogP contribution in [0.2, 0.25) is 5.02 Å². The molecule has 3 rings (SSSR count). The Balaban J connectivity index is 1.75. The number of carbonyl (C=O) groups excluding carboxylic acids is 2. The van der Waals surface area contributed by atoms with Crippen LogP contribution in [0.15, 0.2) is 36.4 Å². The highest BCUT2D eigenvalue weighted by atomic mass is 127. The largest absolute Gasteiger partial charge is 0.476 e. The maximum Gasteiger partial charge on any atom is 0.270 e. The molecule has 2 aromatic carbocycles. The summed E-state index contributed by atoms with van der Waals surface area (Å²) in [6, 6.07) is 11.0. The van der Waals surface area contributed by atoms with Gasteiger partial charge in [0.15, 0.2) is 5.60 Å². The molecule has 27 heavy (non-hydrogen) atoms. The van der Waals surface area contributed by atoms with Gasteiger partial charge in [0.2, 0.25) is 5.91 Å². The number of carbonyl (C=O) groups is 2. The normalized spacial score (nSPS) is 15.1. The Labute approximate surface area is 177 Å². The van der Waals surface area contributed by atoms with Crippen LogP contribution in [0.4, 0.5) is 11.4 Å². The summed E-state index contributed by atoms with van der Waals surface area (Å²) in [5.74, 6) is 0.230. The molecule has 0 unspecified atom stereocenters. The van der Waals surface area contributed by atoms with Gasteiger partial charge in [0.25, 0.3) is 5.91 Å². The van der Waals surface area contributed by atoms with E-state index in [1.54, 1.807) is 36.9 Å². The maximum absolute atomic E-state index is 12.8. The Morgan fingerprint density at radius 3 is 2.70 bits per heavy atom. The first-order valence-electron chi connectivity index (χ1n) is 8.54. The summed E-state index contributed by atoms with van der Waals surface area (Å²) in [4.78, 5) is 26.8. The number of amides is 2. The molecule has 1 heterocycles. The third kappa shape index (κ3) is 4.38. The average molecular weight is 499 g/mol. The lowest BCUT2D eigenvalue weighted by Gasteiger charge is -2.38. The summed E-state index contributed by atoms with van der Waals surface area (Å²) in [7, 11) is 0. The van der Waals surface area contributed by atoms with Gasteiger partial charge in [-0.2, -0.15) is 0 Å². The fourth-order valence-corrected chi connectivity index (χ4v) is 3.77. The fourth-order valence-electron chi connectivity index (χ4n) is 2.96. The molecule has 0 bridgehead atoms. The van der Waals surface area contributed by atoms with Crippen molar-refractivity contribution in [2.75, 3.05) is 16.8 Å². The second-order valence-electron chi connectivity index (χ2n) is 6.94. The fraction of sp³-hybridized carbons (Fsp3) is 0.300. The van der Waals surface area contributed by atoms with Gasteiger partial charge in [-0.25, -0.2) is 0 Å². The van der Waals surface area contributed by atoms with E-state index < -0.39 is 5.60 Å². The standard InChI is InChI=1S/C20H20ClIN2O3/c1-12-10-14(22)5-6-15(12)23-18(25)8-9-24-16-11-13(21)4-7-17(16)27-20(2,3)19(24)26/h4-7,10-11H,8-9H2,1-3H3,(H,23,25). The van der Waals surface area contributed by atoms with Crippen molar-refractivity contribution in [2.45, 2.75) is 32.8 Å². The second-order valence-corrected chi connectivity index (χ2v) is 8.62. The molecule has 1 aliphatic heterocycles. The lowest BCUT2D eigenvalue weighted by atomic mass is 10.0. The number of rotatable bonds is 4. The van der Waals surface area contributed by atoms with Gasteiger partial charge in [-0.3, -0.25) is 9.59 Å². The van der Waals surface area contributed by atoms with E-state index in [9.17, 15) is 9.59 Å². The molecule has 2 aromatic rings. The van der Waals surface area contributed by atoms with Gasteiger partial charge in [-0.1, -0.05) is 11.6 Å². The zero-order valence-electron chi connectivity index (χ0n) is 15.3. The molecule has 0 atom stereocenters. The van der Waals surface area contributed by atoms with Crippen LogP contribution in [-0.2, 0) is 9.59 Å². The molecule has 0 saturated heterocycles. The molecule has 1 N–H and O–H groups in total. The van der Waals surface area contributed by atoms with Crippen LogP contribution in [0.3, 0.4) is 0 Å². The highest BCUT2D eigenvalue weighted by Crippen LogP contribution is 2.39. The molecule has 7 heteroatoms. The summed E-state index contributed by atoms with van der Waals surface area (Å²) < 4.78 is 6.90. The van der Waals surface area contributed by atoms with Crippen molar-refractivity contribution in [3.05, 3.63) is 50.6 Å². The van der Waals surface area contributed by atoms with Gasteiger partial charge in [0.05, 0.1) is 5.69 Å². The lowest BCUT2D eigenvalue weighted by molar-refractivity contribution is -0.132. The number of ether oxygens (including phenoxy) is 1. The molecule has 0 fully saturated rings. The van der Waals surface area contributed by atoms with Gasteiger partial charge in [0.1, 0.15) is 5.75 Å². The van der Waals surface area contributed by atoms with E-state index in [4.69, 9.17) is 16.3 Å². The quantitative estimate of drug-likeness (QED) is 0.617. The van der Waals surface area contributed by atoms with Crippen LogP contribution < -0.4 is 15.0 Å². The lowest BCUT2D eigenvalue weighted by Crippen LogP contribution is -2.53. The third-order valence-electron chi connectivity index (χ3n) is 4.36. The zero-order valence-corrected chi connectivity index (χ0v) is 18.2. The van der Waals surface area contributed by atoms with Crippen molar-refractivity contribution in [1.29, 1.82) is 0 Å². The molecule has 1 aliphatic rings. The number of aryl methyl sites for hydroxylation is 1. The molecule has 0 radical (unpaired) electrons. The highest BCUT2D eigenvalue weighted by molar-refractivity contribution is 14.1. The number of hydrogen-bond donors (Lipinski definition) is 1. The van der Waals surface area contributed by atoms with E-state index in [0.717, 1.165) is 14.8 Å². The van der Waals surface area contributed by atoms with Crippen molar-refractivity contribution in [3.8, 4) is 5.75 Å². The smallest absolute Gasteiger partial charge is 0.270 e. The Hall–Kier alpha value is -1.80. The van der Waals surface area contributed by atoms with Crippen LogP contribution in [0.5, 0.6) is 5.75 Å². The predicted octanol–water partition coefficient (Wildman–Crippen LogP) is 4.79. The minimum atomic E-state index is -0.996. The van der Waals surface area contributed by atoms with Crippen LogP contribution in [0.25, 0.3) is 0 Å². The molecule has 0 aliphatic carbocycles. The number of fused-ring (bicyclic) bond motifs is 1. The summed E-state index contributed by atoms with van der Waals surface area (Å²) in [5, 5.41) is 3.42. The zero-order chi connectivity index (χ0) is 19.8. The van der Waals surface area contributed by atoms with Crippen molar-refractivity contribution in [2.24, 2.45) is 0 Å². The minimum Gasteiger partial charge on any atom is -0.476 e. The molecule has 0 saturated carbocycles. The van der Waals surface area contributed by atoms with E-state index in [2.05, 4.69) is 27.9 Å². The van der Waals surface area contributed by atoms with Crippen LogP contribution in [-0.4, -0.2) is 24.0 Å². The van der Waals surface area contributed by atoms with E-state index >= 15 is 0 Å². The second kappa shape index (κ2) is 7.67. The molecular formula is C20H20ClIN2O3. The van der Waals surface area contributed by atoms with Gasteiger partial charge in [0, 0.05) is 27.2 Å². The van der Waals surface area contributed by atoms with Gasteiger partial charge in [-0.05, 0) is 85.3 Å². The summed E-state index contributed by atoms with van der Waals surface area (Å²) in [5.41, 5.74) is 1.36. The number of nitrogens with one attached hydrogen (secondary N) is 1. The van der Waals surface area contributed by atoms with Crippen LogP contribution in [0, 0.1) is 10.5 Å². The summed E-state index contributed by atoms with van der Waals surface area (Å²) >= 11 is 8.32. The Bertz CT molecular complexity index is 914. The minimum absolute atomic E-state index is 0.153. The number of anilines is 2. The molecule has 0 spiro atoms. The summed E-state index contributed by atoms with van der Waals surface area (Å²) in [6.07, 6.45) is 0.166. The first-order valence-corrected chi connectivity index (χ1v) is 9.99. The van der Waals surface area contributed by atoms with Gasteiger partial charge in [-0.15, -0.1) is 0 Å². The molecule has 142 valence electrons. The number of hydrogen-bond acceptors (Lipinski definition) is 3. The molecule has 0 aromatic heterocycles. The molecule has 5 nitrogen and oxygen atoms in total. The first kappa shape index (κ1) is 19.9. The maximum atomic E-state index is 12.8. The Morgan fingerprint density at radius 1 is 1.26 bits per heavy atom. The predicted molar refractivity (Wildman–Crippen MR) is 116 cm³/mol. The monoisotopic (exact) mass is 498 g/mol. The van der Waals surface area contributed by atoms with Crippen LogP contribution in [0.1, 0.15) is 25.8 Å². The number of benzene rings is 2. The Morgan fingerprint density at radius 2 is 2.00 bits per heavy atom. The van der Waals surface area contributed by atoms with Crippen LogP contribution >= 0.6 is 34.2 Å². The van der Waals surface area contributed by atoms with Gasteiger partial charge < -0.3 is 15.0 Å². The first-order chi connectivity index (χ1) is 12.7. The SMILES string of the molecule is Cc1cc(I)ccc1NC(=O)CCN1C(=O)C(C)(C)Oc2ccc(Cl)cc21. The number of halogens is 2. The van der Waals surface area contributed by atoms with Crippen molar-refractivity contribution in [3.63, 3.8) is 0 Å². The van der Waals surface area contributed by atoms with E-state index in [-0.39, 0.29) is 24.8 Å². The van der Waals surface area contributed by atoms with E-state index in [0.29, 0.717) is 16.5 Å². The van der Waals surface area contributed by atoms with E-state index in [1.807, 2.05) is 25.1 Å². The Kier molecular flexibility index (Phi) is 5.67. The molecule has 2 amide bonds. The number of nitrogens with zero attached hydrogens (tertiary/aromatic N) is 1. The van der Waals surface area contributed by atoms with Crippen molar-refractivity contribution >= 4 is 57.4 Å². The third-order valence-corrected chi connectivity index (χ3v) is 5.27. The molecular weight excluding hydrogens is 479 g/mol.